The molecular formula is C9H10O4S. The van der Waals surface area contributed by atoms with Gasteiger partial charge in [-0.3, -0.25) is 0 Å². The van der Waals surface area contributed by atoms with E-state index in [-0.39, 0.29) is 6.61 Å². The average Bonchev–Trinajstić information content (AvgIpc) is 2.16. The Bertz CT molecular complexity index is 438. The van der Waals surface area contributed by atoms with E-state index in [1.165, 1.54) is 0 Å². The second kappa shape index (κ2) is 3.16. The van der Waals surface area contributed by atoms with Gasteiger partial charge in [0.05, 0.1) is 0 Å². The number of benzene rings is 1. The summed E-state index contributed by atoms with van der Waals surface area (Å²) in [4.78, 5) is 0. The Hall–Kier alpha value is -1.23. The van der Waals surface area contributed by atoms with Crippen LogP contribution in [-0.2, 0) is 9.84 Å². The van der Waals surface area contributed by atoms with Crippen LogP contribution in [0.3, 0.4) is 0 Å². The number of fused-ring (bicyclic) bond motifs is 1. The Morgan fingerprint density at radius 1 is 1.29 bits per heavy atom. The molecule has 1 atom stereocenters. The van der Waals surface area contributed by atoms with Gasteiger partial charge in [-0.15, -0.1) is 0 Å². The molecule has 1 aromatic rings. The highest BCUT2D eigenvalue weighted by Gasteiger charge is 2.28. The first-order chi connectivity index (χ1) is 6.57. The molecule has 5 heteroatoms. The van der Waals surface area contributed by atoms with Crippen LogP contribution in [0.5, 0.6) is 11.5 Å². The summed E-state index contributed by atoms with van der Waals surface area (Å²) >= 11 is 0. The van der Waals surface area contributed by atoms with E-state index in [1.54, 1.807) is 18.2 Å². The maximum atomic E-state index is 11.2. The second-order valence-electron chi connectivity index (χ2n) is 3.13. The van der Waals surface area contributed by atoms with Gasteiger partial charge in [0.25, 0.3) is 0 Å². The van der Waals surface area contributed by atoms with Crippen molar-refractivity contribution >= 4 is 9.84 Å². The van der Waals surface area contributed by atoms with Crippen LogP contribution in [-0.4, -0.2) is 26.7 Å². The van der Waals surface area contributed by atoms with Gasteiger partial charge in [-0.05, 0) is 12.1 Å². The molecule has 14 heavy (non-hydrogen) atoms. The topological polar surface area (TPSA) is 52.6 Å². The number of ether oxygens (including phenoxy) is 2. The Labute approximate surface area is 82.4 Å². The minimum atomic E-state index is -3.22. The molecule has 1 unspecified atom stereocenters. The van der Waals surface area contributed by atoms with Crippen molar-refractivity contribution in [3.63, 3.8) is 0 Å². The van der Waals surface area contributed by atoms with E-state index in [2.05, 4.69) is 0 Å². The van der Waals surface area contributed by atoms with Crippen LogP contribution in [0, 0.1) is 0 Å². The standard InChI is InChI=1S/C9H10O4S/c1-14(10,11)9-6-12-7-4-2-3-5-8(7)13-9/h2-5,9H,6H2,1H3. The van der Waals surface area contributed by atoms with Crippen molar-refractivity contribution in [3.8, 4) is 11.5 Å². The molecule has 0 saturated carbocycles. The first kappa shape index (κ1) is 9.33. The van der Waals surface area contributed by atoms with Crippen molar-refractivity contribution < 1.29 is 17.9 Å². The molecular weight excluding hydrogens is 204 g/mol. The largest absolute Gasteiger partial charge is 0.485 e. The van der Waals surface area contributed by atoms with Gasteiger partial charge in [-0.1, -0.05) is 12.1 Å². The van der Waals surface area contributed by atoms with Gasteiger partial charge < -0.3 is 9.47 Å². The number of rotatable bonds is 1. The van der Waals surface area contributed by atoms with Crippen LogP contribution in [0.2, 0.25) is 0 Å². The Morgan fingerprint density at radius 3 is 2.57 bits per heavy atom. The second-order valence-corrected chi connectivity index (χ2v) is 5.32. The van der Waals surface area contributed by atoms with Gasteiger partial charge in [-0.25, -0.2) is 8.42 Å². The maximum absolute atomic E-state index is 11.2. The summed E-state index contributed by atoms with van der Waals surface area (Å²) in [5.74, 6) is 1.07. The zero-order valence-corrected chi connectivity index (χ0v) is 8.45. The fraction of sp³-hybridized carbons (Fsp3) is 0.333. The molecule has 0 N–H and O–H groups in total. The third-order valence-corrected chi connectivity index (χ3v) is 3.15. The monoisotopic (exact) mass is 214 g/mol. The maximum Gasteiger partial charge on any atom is 0.232 e. The van der Waals surface area contributed by atoms with Gasteiger partial charge in [0.2, 0.25) is 5.44 Å². The fourth-order valence-electron chi connectivity index (χ4n) is 1.21. The molecule has 0 fully saturated rings. The molecule has 0 aliphatic carbocycles. The summed E-state index contributed by atoms with van der Waals surface area (Å²) in [6.45, 7) is 0.0514. The van der Waals surface area contributed by atoms with Gasteiger partial charge in [0.1, 0.15) is 6.61 Å². The van der Waals surface area contributed by atoms with Crippen molar-refractivity contribution in [2.24, 2.45) is 0 Å². The van der Waals surface area contributed by atoms with Crippen LogP contribution in [0.15, 0.2) is 24.3 Å². The van der Waals surface area contributed by atoms with Crippen molar-refractivity contribution in [2.45, 2.75) is 5.44 Å². The predicted molar refractivity (Wildman–Crippen MR) is 51.2 cm³/mol. The predicted octanol–water partition coefficient (Wildman–Crippen LogP) is 0.828. The number of hydrogen-bond donors (Lipinski definition) is 0. The normalized spacial score (nSPS) is 20.5. The van der Waals surface area contributed by atoms with Crippen LogP contribution in [0.1, 0.15) is 0 Å². The van der Waals surface area contributed by atoms with Crippen LogP contribution in [0.4, 0.5) is 0 Å². The smallest absolute Gasteiger partial charge is 0.232 e. The van der Waals surface area contributed by atoms with Crippen molar-refractivity contribution in [3.05, 3.63) is 24.3 Å². The minimum Gasteiger partial charge on any atom is -0.485 e. The van der Waals surface area contributed by atoms with Gasteiger partial charge in [0.15, 0.2) is 21.3 Å². The molecule has 1 aliphatic heterocycles. The van der Waals surface area contributed by atoms with Crippen LogP contribution >= 0.6 is 0 Å². The fourth-order valence-corrected chi connectivity index (χ4v) is 1.80. The van der Waals surface area contributed by atoms with Crippen molar-refractivity contribution in [1.29, 1.82) is 0 Å². The quantitative estimate of drug-likeness (QED) is 0.694. The van der Waals surface area contributed by atoms with Crippen LogP contribution < -0.4 is 9.47 Å². The molecule has 0 bridgehead atoms. The third kappa shape index (κ3) is 1.68. The molecule has 4 nitrogen and oxygen atoms in total. The molecule has 0 radical (unpaired) electrons. The zero-order valence-electron chi connectivity index (χ0n) is 7.64. The van der Waals surface area contributed by atoms with E-state index in [0.717, 1.165) is 6.26 Å². The average molecular weight is 214 g/mol. The SMILES string of the molecule is CS(=O)(=O)C1COc2ccccc2O1. The summed E-state index contributed by atoms with van der Waals surface area (Å²) in [6.07, 6.45) is 1.13. The van der Waals surface area contributed by atoms with Crippen molar-refractivity contribution in [2.75, 3.05) is 12.9 Å². The molecule has 76 valence electrons. The van der Waals surface area contributed by atoms with Crippen LogP contribution in [0.25, 0.3) is 0 Å². The molecule has 0 spiro atoms. The van der Waals surface area contributed by atoms with Gasteiger partial charge in [0, 0.05) is 6.26 Å². The molecule has 0 saturated heterocycles. The van der Waals surface area contributed by atoms with E-state index in [4.69, 9.17) is 9.47 Å². The lowest BCUT2D eigenvalue weighted by atomic mass is 10.3. The number of hydrogen-bond acceptors (Lipinski definition) is 4. The summed E-state index contributed by atoms with van der Waals surface area (Å²) in [5, 5.41) is 0. The third-order valence-electron chi connectivity index (χ3n) is 1.96. The minimum absolute atomic E-state index is 0.0514. The number of para-hydroxylation sites is 2. The highest BCUT2D eigenvalue weighted by Crippen LogP contribution is 2.31. The Balaban J connectivity index is 2.30. The highest BCUT2D eigenvalue weighted by atomic mass is 32.2. The summed E-state index contributed by atoms with van der Waals surface area (Å²) in [6, 6.07) is 7.01. The molecule has 0 aromatic heterocycles. The van der Waals surface area contributed by atoms with Gasteiger partial charge in [-0.2, -0.15) is 0 Å². The lowest BCUT2D eigenvalue weighted by Gasteiger charge is -2.24. The van der Waals surface area contributed by atoms with E-state index in [0.29, 0.717) is 11.5 Å². The summed E-state index contributed by atoms with van der Waals surface area (Å²) in [7, 11) is -3.22. The molecule has 1 aromatic carbocycles. The van der Waals surface area contributed by atoms with E-state index in [9.17, 15) is 8.42 Å². The van der Waals surface area contributed by atoms with E-state index in [1.807, 2.05) is 6.07 Å². The Kier molecular flexibility index (Phi) is 2.11. The summed E-state index contributed by atoms with van der Waals surface area (Å²) in [5.41, 5.74) is -0.891. The van der Waals surface area contributed by atoms with Crippen molar-refractivity contribution in [1.82, 2.24) is 0 Å². The highest BCUT2D eigenvalue weighted by molar-refractivity contribution is 7.91. The summed E-state index contributed by atoms with van der Waals surface area (Å²) < 4.78 is 32.9. The number of sulfone groups is 1. The molecule has 2 rings (SSSR count). The lowest BCUT2D eigenvalue weighted by molar-refractivity contribution is 0.142. The Morgan fingerprint density at radius 2 is 1.93 bits per heavy atom. The first-order valence-corrected chi connectivity index (χ1v) is 6.10. The van der Waals surface area contributed by atoms with Gasteiger partial charge >= 0.3 is 0 Å². The zero-order chi connectivity index (χ0) is 10.2. The lowest BCUT2D eigenvalue weighted by Crippen LogP contribution is -2.35. The van der Waals surface area contributed by atoms with E-state index >= 15 is 0 Å². The first-order valence-electron chi connectivity index (χ1n) is 4.15. The molecule has 1 heterocycles. The van der Waals surface area contributed by atoms with E-state index < -0.39 is 15.3 Å². The molecule has 1 aliphatic rings. The molecule has 0 amide bonds.